The van der Waals surface area contributed by atoms with E-state index in [0.717, 1.165) is 0 Å². The molecule has 0 aliphatic heterocycles. The van der Waals surface area contributed by atoms with E-state index >= 15 is 0 Å². The molecular weight excluding hydrogens is 236 g/mol. The van der Waals surface area contributed by atoms with Crippen molar-refractivity contribution in [2.24, 2.45) is 0 Å². The zero-order valence-corrected chi connectivity index (χ0v) is 10.2. The molecular formula is C13H14O3S. The Hall–Kier alpha value is -1.87. The minimum Gasteiger partial charge on any atom is -0.282 e. The van der Waals surface area contributed by atoms with Crippen LogP contribution in [0.15, 0.2) is 55.1 Å². The van der Waals surface area contributed by atoms with E-state index in [9.17, 15) is 8.42 Å². The van der Waals surface area contributed by atoms with Crippen molar-refractivity contribution in [2.75, 3.05) is 0 Å². The van der Waals surface area contributed by atoms with E-state index in [4.69, 9.17) is 4.55 Å². The first kappa shape index (κ1) is 15.1. The van der Waals surface area contributed by atoms with Crippen LogP contribution in [0.1, 0.15) is 11.1 Å². The highest BCUT2D eigenvalue weighted by molar-refractivity contribution is 7.85. The Labute approximate surface area is 102 Å². The van der Waals surface area contributed by atoms with Crippen LogP contribution < -0.4 is 0 Å². The van der Waals surface area contributed by atoms with Gasteiger partial charge in [0.05, 0.1) is 0 Å². The molecule has 0 aromatic heterocycles. The van der Waals surface area contributed by atoms with Crippen LogP contribution in [0.4, 0.5) is 0 Å². The molecule has 0 fully saturated rings. The summed E-state index contributed by atoms with van der Waals surface area (Å²) in [6, 6.07) is 4.55. The average molecular weight is 250 g/mol. The van der Waals surface area contributed by atoms with Gasteiger partial charge in [-0.25, -0.2) is 0 Å². The highest BCUT2D eigenvalue weighted by atomic mass is 32.2. The van der Waals surface area contributed by atoms with Gasteiger partial charge in [0.15, 0.2) is 0 Å². The van der Waals surface area contributed by atoms with Gasteiger partial charge in [-0.3, -0.25) is 4.55 Å². The molecule has 0 aliphatic carbocycles. The van der Waals surface area contributed by atoms with Gasteiger partial charge in [0.2, 0.25) is 0 Å². The molecule has 0 radical (unpaired) electrons. The fourth-order valence-corrected chi connectivity index (χ4v) is 1.91. The summed E-state index contributed by atoms with van der Waals surface area (Å²) in [4.78, 5) is -0.148. The molecule has 0 spiro atoms. The molecule has 3 nitrogen and oxygen atoms in total. The Morgan fingerprint density at radius 1 is 1.18 bits per heavy atom. The van der Waals surface area contributed by atoms with E-state index in [2.05, 4.69) is 32.0 Å². The average Bonchev–Trinajstić information content (AvgIpc) is 2.27. The zero-order valence-electron chi connectivity index (χ0n) is 9.39. The molecule has 4 heteroatoms. The first-order valence-corrected chi connectivity index (χ1v) is 6.01. The molecule has 0 atom stereocenters. The predicted octanol–water partition coefficient (Wildman–Crippen LogP) is 3.18. The zero-order chi connectivity index (χ0) is 13.5. The van der Waals surface area contributed by atoms with Crippen molar-refractivity contribution in [1.82, 2.24) is 0 Å². The van der Waals surface area contributed by atoms with Gasteiger partial charge in [0, 0.05) is 5.56 Å². The van der Waals surface area contributed by atoms with Gasteiger partial charge in [0.25, 0.3) is 10.1 Å². The van der Waals surface area contributed by atoms with Gasteiger partial charge in [0.1, 0.15) is 4.90 Å². The molecule has 0 amide bonds. The largest absolute Gasteiger partial charge is 0.295 e. The van der Waals surface area contributed by atoms with Crippen molar-refractivity contribution >= 4 is 22.3 Å². The van der Waals surface area contributed by atoms with Gasteiger partial charge >= 0.3 is 0 Å². The van der Waals surface area contributed by atoms with Crippen molar-refractivity contribution in [3.63, 3.8) is 0 Å². The third-order valence-electron chi connectivity index (χ3n) is 1.80. The quantitative estimate of drug-likeness (QED) is 0.662. The van der Waals surface area contributed by atoms with Crippen LogP contribution in [0.3, 0.4) is 0 Å². The van der Waals surface area contributed by atoms with E-state index in [0.29, 0.717) is 11.1 Å². The monoisotopic (exact) mass is 250 g/mol. The topological polar surface area (TPSA) is 54.4 Å². The normalized spacial score (nSPS) is 9.47. The lowest BCUT2D eigenvalue weighted by Gasteiger charge is -2.05. The van der Waals surface area contributed by atoms with E-state index < -0.39 is 10.1 Å². The molecule has 0 unspecified atom stereocenters. The first-order valence-electron chi connectivity index (χ1n) is 4.57. The summed E-state index contributed by atoms with van der Waals surface area (Å²) in [5, 5.41) is 0. The highest BCUT2D eigenvalue weighted by Crippen LogP contribution is 2.21. The van der Waals surface area contributed by atoms with Gasteiger partial charge in [-0.1, -0.05) is 50.6 Å². The van der Waals surface area contributed by atoms with Crippen molar-refractivity contribution < 1.29 is 13.0 Å². The van der Waals surface area contributed by atoms with Crippen LogP contribution in [0.25, 0.3) is 12.2 Å². The third kappa shape index (κ3) is 4.25. The second-order valence-corrected chi connectivity index (χ2v) is 4.28. The van der Waals surface area contributed by atoms with E-state index in [1.165, 1.54) is 24.3 Å². The molecule has 90 valence electrons. The molecule has 1 aromatic carbocycles. The van der Waals surface area contributed by atoms with Gasteiger partial charge < -0.3 is 0 Å². The highest BCUT2D eigenvalue weighted by Gasteiger charge is 2.14. The number of rotatable bonds is 3. The van der Waals surface area contributed by atoms with E-state index in [-0.39, 0.29) is 4.90 Å². The summed E-state index contributed by atoms with van der Waals surface area (Å²) in [5.74, 6) is 0. The van der Waals surface area contributed by atoms with Gasteiger partial charge in [-0.2, -0.15) is 8.42 Å². The number of benzene rings is 1. The van der Waals surface area contributed by atoms with E-state index in [1.54, 1.807) is 6.07 Å². The maximum atomic E-state index is 11.0. The lowest BCUT2D eigenvalue weighted by atomic mass is 10.1. The Bertz CT molecular complexity index is 548. The summed E-state index contributed by atoms with van der Waals surface area (Å²) in [6.07, 6.45) is 2.88. The second-order valence-electron chi connectivity index (χ2n) is 2.89. The van der Waals surface area contributed by atoms with Crippen molar-refractivity contribution in [3.05, 3.63) is 61.4 Å². The van der Waals surface area contributed by atoms with Crippen LogP contribution in [0.2, 0.25) is 0 Å². The number of hydrogen-bond acceptors (Lipinski definition) is 2. The predicted molar refractivity (Wildman–Crippen MR) is 71.2 cm³/mol. The molecule has 0 saturated carbocycles. The number of hydrogen-bond donors (Lipinski definition) is 1. The SMILES string of the molecule is C=C=C.C=Cc1cccc(S(=O)(=O)O)c1C=C. The third-order valence-corrected chi connectivity index (χ3v) is 2.71. The standard InChI is InChI=1S/C10H10O3S.C3H4/c1-3-8-6-5-7-10(9(8)4-2)14(11,12)13;1-3-2/h3-7H,1-2H2,(H,11,12,13);1-2H2. The molecule has 1 rings (SSSR count). The molecule has 1 N–H and O–H groups in total. The molecule has 17 heavy (non-hydrogen) atoms. The van der Waals surface area contributed by atoms with Crippen LogP contribution in [0.5, 0.6) is 0 Å². The van der Waals surface area contributed by atoms with Crippen LogP contribution in [-0.2, 0) is 10.1 Å². The van der Waals surface area contributed by atoms with Crippen molar-refractivity contribution in [2.45, 2.75) is 4.90 Å². The summed E-state index contributed by atoms with van der Waals surface area (Å²) in [6.45, 7) is 13.3. The maximum Gasteiger partial charge on any atom is 0.295 e. The molecule has 0 heterocycles. The smallest absolute Gasteiger partial charge is 0.282 e. The minimum absolute atomic E-state index is 0.148. The lowest BCUT2D eigenvalue weighted by Crippen LogP contribution is -2.01. The first-order chi connectivity index (χ1) is 7.92. The summed E-state index contributed by atoms with van der Waals surface area (Å²) in [7, 11) is -4.20. The molecule has 0 aliphatic rings. The Morgan fingerprint density at radius 3 is 2.06 bits per heavy atom. The molecule has 1 aromatic rings. The summed E-state index contributed by atoms with van der Waals surface area (Å²) in [5.41, 5.74) is 3.24. The van der Waals surface area contributed by atoms with Crippen LogP contribution >= 0.6 is 0 Å². The summed E-state index contributed by atoms with van der Waals surface area (Å²) < 4.78 is 30.8. The van der Waals surface area contributed by atoms with Crippen LogP contribution in [0, 0.1) is 0 Å². The Morgan fingerprint density at radius 2 is 1.71 bits per heavy atom. The fourth-order valence-electron chi connectivity index (χ4n) is 1.18. The minimum atomic E-state index is -4.20. The fraction of sp³-hybridized carbons (Fsp3) is 0. The van der Waals surface area contributed by atoms with Gasteiger partial charge in [-0.15, -0.1) is 5.73 Å². The van der Waals surface area contributed by atoms with E-state index in [1.807, 2.05) is 0 Å². The van der Waals surface area contributed by atoms with Gasteiger partial charge in [-0.05, 0) is 11.6 Å². The Kier molecular flexibility index (Phi) is 5.92. The second kappa shape index (κ2) is 6.66. The molecule has 0 saturated heterocycles. The summed E-state index contributed by atoms with van der Waals surface area (Å²) >= 11 is 0. The Balaban J connectivity index is 0.000000770. The maximum absolute atomic E-state index is 11.0. The molecule has 0 bridgehead atoms. The van der Waals surface area contributed by atoms with Crippen molar-refractivity contribution in [1.29, 1.82) is 0 Å². The lowest BCUT2D eigenvalue weighted by molar-refractivity contribution is 0.483. The van der Waals surface area contributed by atoms with Crippen LogP contribution in [-0.4, -0.2) is 13.0 Å². The van der Waals surface area contributed by atoms with Crippen molar-refractivity contribution in [3.8, 4) is 0 Å².